The molecule has 0 amide bonds. The van der Waals surface area contributed by atoms with Crippen molar-refractivity contribution >= 4 is 22.4 Å². The summed E-state index contributed by atoms with van der Waals surface area (Å²) in [5.74, 6) is 1.02. The van der Waals surface area contributed by atoms with Crippen LogP contribution in [0.15, 0.2) is 60.7 Å². The largest absolute Gasteiger partial charge is 0.399 e. The molecule has 1 heterocycles. The van der Waals surface area contributed by atoms with E-state index in [-0.39, 0.29) is 0 Å². The molecule has 4 aromatic rings. The molecular formula is C23H24N4. The Bertz CT molecular complexity index is 1090. The Morgan fingerprint density at radius 2 is 1.26 bits per heavy atom. The molecule has 4 rings (SSSR count). The van der Waals surface area contributed by atoms with Gasteiger partial charge in [-0.25, -0.2) is 4.98 Å². The van der Waals surface area contributed by atoms with E-state index in [9.17, 15) is 0 Å². The minimum absolute atomic E-state index is 0.789. The predicted octanol–water partition coefficient (Wildman–Crippen LogP) is 4.23. The number of imidazole rings is 1. The summed E-state index contributed by atoms with van der Waals surface area (Å²) in [6.45, 7) is 2.04. The van der Waals surface area contributed by atoms with Crippen molar-refractivity contribution in [2.75, 3.05) is 11.5 Å². The molecule has 0 unspecified atom stereocenters. The fourth-order valence-corrected chi connectivity index (χ4v) is 3.49. The summed E-state index contributed by atoms with van der Waals surface area (Å²) < 4.78 is 2.15. The lowest BCUT2D eigenvalue weighted by atomic mass is 9.94. The highest BCUT2D eigenvalue weighted by Crippen LogP contribution is 2.25. The number of anilines is 2. The minimum atomic E-state index is 0.789. The Labute approximate surface area is 159 Å². The summed E-state index contributed by atoms with van der Waals surface area (Å²) >= 11 is 0. The Balaban J connectivity index is 1.78. The number of nitrogens with two attached hydrogens (primary N) is 2. The lowest BCUT2D eigenvalue weighted by molar-refractivity contribution is 0.885. The van der Waals surface area contributed by atoms with Crippen LogP contribution in [0.5, 0.6) is 0 Å². The van der Waals surface area contributed by atoms with Crippen molar-refractivity contribution in [1.29, 1.82) is 0 Å². The average Bonchev–Trinajstić information content (AvgIpc) is 2.93. The van der Waals surface area contributed by atoms with E-state index in [1.165, 1.54) is 27.8 Å². The number of rotatable bonds is 4. The Morgan fingerprint density at radius 1 is 0.778 bits per heavy atom. The van der Waals surface area contributed by atoms with Crippen LogP contribution in [0.3, 0.4) is 0 Å². The number of nitrogen functional groups attached to an aromatic ring is 2. The number of nitrogens with zero attached hydrogens (tertiary/aromatic N) is 2. The number of hydrogen-bond acceptors (Lipinski definition) is 3. The number of hydrogen-bond donors (Lipinski definition) is 2. The van der Waals surface area contributed by atoms with Gasteiger partial charge in [-0.1, -0.05) is 24.3 Å². The van der Waals surface area contributed by atoms with Crippen LogP contribution in [0.4, 0.5) is 11.4 Å². The Kier molecular flexibility index (Phi) is 4.32. The van der Waals surface area contributed by atoms with Gasteiger partial charge in [-0.05, 0) is 78.4 Å². The van der Waals surface area contributed by atoms with Gasteiger partial charge < -0.3 is 16.0 Å². The molecule has 4 nitrogen and oxygen atoms in total. The number of aryl methyl sites for hydroxylation is 2. The molecule has 0 aliphatic rings. The summed E-state index contributed by atoms with van der Waals surface area (Å²) in [6.07, 6.45) is 1.72. The van der Waals surface area contributed by atoms with Gasteiger partial charge in [-0.3, -0.25) is 0 Å². The molecule has 0 saturated heterocycles. The third kappa shape index (κ3) is 3.51. The first-order valence-corrected chi connectivity index (χ1v) is 9.13. The fraction of sp³-hybridized carbons (Fsp3) is 0.174. The van der Waals surface area contributed by atoms with Gasteiger partial charge in [0.2, 0.25) is 0 Å². The summed E-state index contributed by atoms with van der Waals surface area (Å²) in [5.41, 5.74) is 20.6. The monoisotopic (exact) mass is 356 g/mol. The smallest absolute Gasteiger partial charge is 0.106 e. The second-order valence-electron chi connectivity index (χ2n) is 7.16. The molecule has 0 spiro atoms. The van der Waals surface area contributed by atoms with Crippen molar-refractivity contribution in [3.05, 3.63) is 88.7 Å². The molecule has 4 N–H and O–H groups in total. The maximum atomic E-state index is 5.84. The van der Waals surface area contributed by atoms with Gasteiger partial charge in [0.1, 0.15) is 5.82 Å². The molecular weight excluding hydrogens is 332 g/mol. The van der Waals surface area contributed by atoms with E-state index >= 15 is 0 Å². The quantitative estimate of drug-likeness (QED) is 0.538. The average molecular weight is 356 g/mol. The van der Waals surface area contributed by atoms with Crippen LogP contribution in [0.2, 0.25) is 0 Å². The molecule has 1 aromatic heterocycles. The lowest BCUT2D eigenvalue weighted by Gasteiger charge is -2.12. The number of fused-ring (bicyclic) bond motifs is 1. The Hall–Kier alpha value is -3.27. The van der Waals surface area contributed by atoms with Crippen molar-refractivity contribution in [2.24, 2.45) is 7.05 Å². The molecule has 0 radical (unpaired) electrons. The molecule has 4 heteroatoms. The molecule has 0 bridgehead atoms. The molecule has 27 heavy (non-hydrogen) atoms. The zero-order valence-corrected chi connectivity index (χ0v) is 15.7. The maximum Gasteiger partial charge on any atom is 0.106 e. The van der Waals surface area contributed by atoms with Crippen LogP contribution in [-0.4, -0.2) is 9.55 Å². The second-order valence-corrected chi connectivity index (χ2v) is 7.16. The first kappa shape index (κ1) is 17.2. The van der Waals surface area contributed by atoms with E-state index < -0.39 is 0 Å². The van der Waals surface area contributed by atoms with E-state index in [0.717, 1.165) is 35.6 Å². The van der Waals surface area contributed by atoms with E-state index in [4.69, 9.17) is 16.5 Å². The van der Waals surface area contributed by atoms with Crippen molar-refractivity contribution in [3.8, 4) is 0 Å². The molecule has 0 aliphatic carbocycles. The van der Waals surface area contributed by atoms with Gasteiger partial charge in [0.05, 0.1) is 11.0 Å². The summed E-state index contributed by atoms with van der Waals surface area (Å²) in [4.78, 5) is 4.72. The van der Waals surface area contributed by atoms with Crippen molar-refractivity contribution in [3.63, 3.8) is 0 Å². The minimum Gasteiger partial charge on any atom is -0.399 e. The zero-order chi connectivity index (χ0) is 19.0. The molecule has 0 atom stereocenters. The molecule has 0 fully saturated rings. The van der Waals surface area contributed by atoms with E-state index in [1.54, 1.807) is 0 Å². The zero-order valence-electron chi connectivity index (χ0n) is 15.7. The van der Waals surface area contributed by atoms with Crippen LogP contribution in [-0.2, 0) is 19.9 Å². The third-order valence-corrected chi connectivity index (χ3v) is 5.17. The van der Waals surface area contributed by atoms with E-state index in [2.05, 4.69) is 48.0 Å². The summed E-state index contributed by atoms with van der Waals surface area (Å²) in [7, 11) is 2.07. The van der Waals surface area contributed by atoms with Crippen LogP contribution in [0.1, 0.15) is 28.1 Å². The third-order valence-electron chi connectivity index (χ3n) is 5.17. The standard InChI is InChI=1S/C23H24N4/c1-15-26-22-13-18(11-16-3-7-20(24)8-4-16)19(14-23(22)27(15)2)12-17-5-9-21(25)10-6-17/h3-10,13-14H,11-12,24-25H2,1-2H3. The van der Waals surface area contributed by atoms with Crippen molar-refractivity contribution < 1.29 is 0 Å². The van der Waals surface area contributed by atoms with Crippen molar-refractivity contribution in [1.82, 2.24) is 9.55 Å². The van der Waals surface area contributed by atoms with Crippen LogP contribution in [0.25, 0.3) is 11.0 Å². The fourth-order valence-electron chi connectivity index (χ4n) is 3.49. The van der Waals surface area contributed by atoms with Gasteiger partial charge in [-0.15, -0.1) is 0 Å². The Morgan fingerprint density at radius 3 is 1.78 bits per heavy atom. The highest BCUT2D eigenvalue weighted by Gasteiger charge is 2.12. The highest BCUT2D eigenvalue weighted by atomic mass is 15.0. The SMILES string of the molecule is Cc1nc2cc(Cc3ccc(N)cc3)c(Cc3ccc(N)cc3)cc2n1C. The maximum absolute atomic E-state index is 5.84. The molecule has 3 aromatic carbocycles. The van der Waals surface area contributed by atoms with Gasteiger partial charge in [-0.2, -0.15) is 0 Å². The number of benzene rings is 3. The first-order valence-electron chi connectivity index (χ1n) is 9.13. The normalized spacial score (nSPS) is 11.2. The first-order chi connectivity index (χ1) is 13.0. The number of aromatic nitrogens is 2. The van der Waals surface area contributed by atoms with Crippen molar-refractivity contribution in [2.45, 2.75) is 19.8 Å². The van der Waals surface area contributed by atoms with Gasteiger partial charge >= 0.3 is 0 Å². The topological polar surface area (TPSA) is 69.9 Å². The van der Waals surface area contributed by atoms with Crippen LogP contribution < -0.4 is 11.5 Å². The summed E-state index contributed by atoms with van der Waals surface area (Å²) in [6, 6.07) is 20.7. The predicted molar refractivity (Wildman–Crippen MR) is 113 cm³/mol. The second kappa shape index (κ2) is 6.80. The van der Waals surface area contributed by atoms with E-state index in [1.807, 2.05) is 31.2 Å². The van der Waals surface area contributed by atoms with Gasteiger partial charge in [0, 0.05) is 18.4 Å². The molecule has 0 saturated carbocycles. The summed E-state index contributed by atoms with van der Waals surface area (Å²) in [5, 5.41) is 0. The van der Waals surface area contributed by atoms with Crippen LogP contribution in [0, 0.1) is 6.92 Å². The highest BCUT2D eigenvalue weighted by molar-refractivity contribution is 5.78. The van der Waals surface area contributed by atoms with Gasteiger partial charge in [0.25, 0.3) is 0 Å². The van der Waals surface area contributed by atoms with Crippen LogP contribution >= 0.6 is 0 Å². The molecule has 136 valence electrons. The van der Waals surface area contributed by atoms with Gasteiger partial charge in [0.15, 0.2) is 0 Å². The lowest BCUT2D eigenvalue weighted by Crippen LogP contribution is -2.00. The van der Waals surface area contributed by atoms with E-state index in [0.29, 0.717) is 0 Å². The molecule has 0 aliphatic heterocycles.